The third-order valence-electron chi connectivity index (χ3n) is 11.2. The molecule has 3 N–H and O–H groups in total. The van der Waals surface area contributed by atoms with Crippen LogP contribution in [0.4, 0.5) is 15.8 Å². The van der Waals surface area contributed by atoms with Gasteiger partial charge in [-0.3, -0.25) is 19.2 Å². The van der Waals surface area contributed by atoms with E-state index < -0.39 is 76.2 Å². The Balaban J connectivity index is 1.29. The van der Waals surface area contributed by atoms with Crippen molar-refractivity contribution in [3.63, 3.8) is 0 Å². The number of hydrogen-bond donors (Lipinski definition) is 3. The number of amides is 4. The molecule has 10 nitrogen and oxygen atoms in total. The van der Waals surface area contributed by atoms with Crippen LogP contribution in [0, 0.1) is 34.9 Å². The van der Waals surface area contributed by atoms with Crippen molar-refractivity contribution in [3.05, 3.63) is 106 Å². The molecular weight excluding hydrogens is 667 g/mol. The first-order chi connectivity index (χ1) is 23.8. The maximum atomic E-state index is 14.7. The highest BCUT2D eigenvalue weighted by Crippen LogP contribution is 2.64. The zero-order valence-corrected chi connectivity index (χ0v) is 27.1. The Kier molecular flexibility index (Phi) is 6.96. The normalized spacial score (nSPS) is 27.3. The number of rotatable bonds is 4. The van der Waals surface area contributed by atoms with Gasteiger partial charge in [-0.1, -0.05) is 53.6 Å². The van der Waals surface area contributed by atoms with Crippen LogP contribution in [0.2, 0.25) is 5.02 Å². The Bertz CT molecular complexity index is 2270. The molecule has 252 valence electrons. The van der Waals surface area contributed by atoms with Gasteiger partial charge in [-0.05, 0) is 73.0 Å². The van der Waals surface area contributed by atoms with E-state index in [0.717, 1.165) is 28.0 Å². The monoisotopic (exact) mass is 694 g/mol. The van der Waals surface area contributed by atoms with Crippen LogP contribution < -0.4 is 9.80 Å². The van der Waals surface area contributed by atoms with E-state index in [0.29, 0.717) is 21.9 Å². The predicted octanol–water partition coefficient (Wildman–Crippen LogP) is 6.18. The van der Waals surface area contributed by atoms with Crippen LogP contribution in [0.5, 0.6) is 11.5 Å². The molecule has 4 aliphatic rings. The smallest absolute Gasteiger partial charge is 0.339 e. The highest BCUT2D eigenvalue weighted by Gasteiger charge is 2.67. The van der Waals surface area contributed by atoms with Crippen molar-refractivity contribution in [1.29, 1.82) is 0 Å². The maximum absolute atomic E-state index is 14.7. The number of aromatic carboxylic acids is 1. The number of carboxylic acids is 1. The third-order valence-corrected chi connectivity index (χ3v) is 11.4. The molecule has 2 heterocycles. The summed E-state index contributed by atoms with van der Waals surface area (Å²) in [6, 6.07) is 17.5. The zero-order chi connectivity index (χ0) is 35.4. The summed E-state index contributed by atoms with van der Waals surface area (Å²) < 4.78 is 14.2. The number of benzene rings is 4. The fourth-order valence-corrected chi connectivity index (χ4v) is 9.06. The summed E-state index contributed by atoms with van der Waals surface area (Å²) in [5, 5.41) is 31.4. The number of imide groups is 2. The van der Waals surface area contributed by atoms with Gasteiger partial charge in [-0.2, -0.15) is 0 Å². The zero-order valence-electron chi connectivity index (χ0n) is 26.3. The van der Waals surface area contributed by atoms with Crippen LogP contribution in [-0.4, -0.2) is 44.9 Å². The number of anilines is 2. The Hall–Kier alpha value is -5.55. The number of carboxylic acid groups (broad SMARTS) is 1. The van der Waals surface area contributed by atoms with Crippen LogP contribution >= 0.6 is 11.6 Å². The minimum Gasteiger partial charge on any atom is -0.507 e. The summed E-state index contributed by atoms with van der Waals surface area (Å²) in [6.07, 6.45) is 2.10. The summed E-state index contributed by atoms with van der Waals surface area (Å²) >= 11 is 6.09. The first-order valence-corrected chi connectivity index (χ1v) is 16.4. The lowest BCUT2D eigenvalue weighted by Gasteiger charge is -2.49. The van der Waals surface area contributed by atoms with E-state index in [-0.39, 0.29) is 40.6 Å². The molecule has 4 amide bonds. The number of fused-ring (bicyclic) bond motifs is 5. The Morgan fingerprint density at radius 3 is 2.24 bits per heavy atom. The second-order valence-electron chi connectivity index (χ2n) is 13.5. The molecule has 2 aliphatic carbocycles. The first kappa shape index (κ1) is 31.7. The number of carbonyl (C=O) groups is 5. The second kappa shape index (κ2) is 11.0. The predicted molar refractivity (Wildman–Crippen MR) is 179 cm³/mol. The van der Waals surface area contributed by atoms with E-state index in [9.17, 15) is 43.7 Å². The highest BCUT2D eigenvalue weighted by atomic mass is 35.5. The number of nitrogens with zero attached hydrogens (tertiary/aromatic N) is 2. The molecule has 2 saturated heterocycles. The molecule has 1 saturated carbocycles. The van der Waals surface area contributed by atoms with Gasteiger partial charge in [0.2, 0.25) is 23.6 Å². The van der Waals surface area contributed by atoms with Crippen LogP contribution in [-0.2, 0) is 19.2 Å². The summed E-state index contributed by atoms with van der Waals surface area (Å²) in [5.41, 5.74) is -0.283. The van der Waals surface area contributed by atoms with Crippen molar-refractivity contribution in [2.75, 3.05) is 9.80 Å². The van der Waals surface area contributed by atoms with E-state index in [1.54, 1.807) is 31.2 Å². The van der Waals surface area contributed by atoms with Gasteiger partial charge in [0.25, 0.3) is 0 Å². The van der Waals surface area contributed by atoms with Crippen molar-refractivity contribution >= 4 is 63.3 Å². The van der Waals surface area contributed by atoms with Crippen molar-refractivity contribution < 1.29 is 43.7 Å². The number of carbonyl (C=O) groups excluding carboxylic acids is 4. The Morgan fingerprint density at radius 2 is 1.54 bits per heavy atom. The molecule has 0 aromatic heterocycles. The van der Waals surface area contributed by atoms with Crippen molar-refractivity contribution in [1.82, 2.24) is 0 Å². The minimum atomic E-state index is -1.39. The van der Waals surface area contributed by atoms with Gasteiger partial charge in [-0.25, -0.2) is 19.0 Å². The van der Waals surface area contributed by atoms with Crippen molar-refractivity contribution in [2.24, 2.45) is 29.1 Å². The SMILES string of the molecule is C[C@@]12C(=O)N(c3ccc(F)c(Cl)c3)C(=O)[C@@H]1C[C@@H]1C(=CC[C@@H]3C(=O)N(c4ccc(C(=O)O)c(O)c4)C(=O)[C@@H]31)[C@@H]2c1ccc(O)c2ccccc12. The lowest BCUT2D eigenvalue weighted by Crippen LogP contribution is -2.49. The number of hydrogen-bond acceptors (Lipinski definition) is 7. The molecule has 0 spiro atoms. The number of phenols is 2. The molecule has 4 aromatic carbocycles. The standard InChI is InChI=1S/C38H28ClFN2O8/c1-38-26(34(46)42(37(38)50)17-7-12-28(40)27(39)14-17)16-25-22(32(38)21-11-13-29(43)20-5-3-2-4-19(20)21)9-10-24-31(25)35(47)41(33(24)45)18-6-8-23(36(48)49)30(44)15-18/h2-9,11-15,24-26,31-32,43-44H,10,16H2,1H3,(H,48,49)/t24-,25+,26-,31-,32-,38+/m0/s1. The molecule has 0 bridgehead atoms. The first-order valence-electron chi connectivity index (χ1n) is 16.0. The van der Waals surface area contributed by atoms with E-state index >= 15 is 0 Å². The molecule has 0 unspecified atom stereocenters. The molecule has 0 radical (unpaired) electrons. The van der Waals surface area contributed by atoms with E-state index in [4.69, 9.17) is 11.6 Å². The van der Waals surface area contributed by atoms with Gasteiger partial charge in [0, 0.05) is 17.4 Å². The average molecular weight is 695 g/mol. The molecule has 2 aliphatic heterocycles. The molecule has 3 fully saturated rings. The molecule has 6 atom stereocenters. The van der Waals surface area contributed by atoms with Crippen LogP contribution in [0.15, 0.2) is 84.4 Å². The molecule has 4 aromatic rings. The van der Waals surface area contributed by atoms with E-state index in [2.05, 4.69) is 0 Å². The van der Waals surface area contributed by atoms with Gasteiger partial charge in [-0.15, -0.1) is 0 Å². The van der Waals surface area contributed by atoms with Gasteiger partial charge < -0.3 is 15.3 Å². The summed E-state index contributed by atoms with van der Waals surface area (Å²) in [7, 11) is 0. The number of phenolic OH excluding ortho intramolecular Hbond substituents is 1. The minimum absolute atomic E-state index is 0.0201. The Morgan fingerprint density at radius 1 is 0.840 bits per heavy atom. The fourth-order valence-electron chi connectivity index (χ4n) is 8.88. The quantitative estimate of drug-likeness (QED) is 0.169. The lowest BCUT2D eigenvalue weighted by molar-refractivity contribution is -0.131. The van der Waals surface area contributed by atoms with Gasteiger partial charge >= 0.3 is 5.97 Å². The molecule has 50 heavy (non-hydrogen) atoms. The molecule has 8 rings (SSSR count). The molecule has 12 heteroatoms. The van der Waals surface area contributed by atoms with Crippen molar-refractivity contribution in [3.8, 4) is 11.5 Å². The average Bonchev–Trinajstić information content (AvgIpc) is 3.46. The fraction of sp³-hybridized carbons (Fsp3) is 0.237. The number of allylic oxidation sites excluding steroid dienone is 2. The van der Waals surface area contributed by atoms with Gasteiger partial charge in [0.1, 0.15) is 22.9 Å². The number of halogens is 2. The van der Waals surface area contributed by atoms with Gasteiger partial charge in [0.15, 0.2) is 0 Å². The third kappa shape index (κ3) is 4.22. The molecular formula is C38H28ClFN2O8. The highest BCUT2D eigenvalue weighted by molar-refractivity contribution is 6.32. The number of aromatic hydroxyl groups is 2. The summed E-state index contributed by atoms with van der Waals surface area (Å²) in [6.45, 7) is 1.72. The van der Waals surface area contributed by atoms with E-state index in [1.807, 2.05) is 12.1 Å². The van der Waals surface area contributed by atoms with E-state index in [1.165, 1.54) is 24.3 Å². The summed E-state index contributed by atoms with van der Waals surface area (Å²) in [5.74, 6) is -8.94. The van der Waals surface area contributed by atoms with Crippen LogP contribution in [0.25, 0.3) is 10.8 Å². The van der Waals surface area contributed by atoms with Crippen LogP contribution in [0.3, 0.4) is 0 Å². The van der Waals surface area contributed by atoms with Gasteiger partial charge in [0.05, 0.1) is 39.6 Å². The largest absolute Gasteiger partial charge is 0.507 e. The lowest BCUT2D eigenvalue weighted by atomic mass is 9.51. The van der Waals surface area contributed by atoms with Crippen molar-refractivity contribution in [2.45, 2.75) is 25.7 Å². The van der Waals surface area contributed by atoms with Crippen LogP contribution in [0.1, 0.15) is 41.6 Å². The second-order valence-corrected chi connectivity index (χ2v) is 13.9. The Labute approximate surface area is 289 Å². The summed E-state index contributed by atoms with van der Waals surface area (Å²) in [4.78, 5) is 70.9. The maximum Gasteiger partial charge on any atom is 0.339 e. The topological polar surface area (TPSA) is 153 Å².